The highest BCUT2D eigenvalue weighted by Gasteiger charge is 2.24. The predicted molar refractivity (Wildman–Crippen MR) is 115 cm³/mol. The van der Waals surface area contributed by atoms with E-state index in [0.717, 1.165) is 39.8 Å². The Morgan fingerprint density at radius 2 is 1.93 bits per heavy atom. The first-order valence-electron chi connectivity index (χ1n) is 9.65. The Bertz CT molecular complexity index is 1400. The molecule has 4 aromatic rings. The van der Waals surface area contributed by atoms with Crippen molar-refractivity contribution in [1.82, 2.24) is 19.7 Å². The number of phenols is 1. The van der Waals surface area contributed by atoms with Crippen LogP contribution in [0.25, 0.3) is 33.6 Å². The summed E-state index contributed by atoms with van der Waals surface area (Å²) in [5.74, 6) is 0.480. The van der Waals surface area contributed by atoms with E-state index in [9.17, 15) is 9.90 Å². The maximum absolute atomic E-state index is 12.8. The molecule has 2 aromatic heterocycles. The summed E-state index contributed by atoms with van der Waals surface area (Å²) in [5, 5.41) is 18.6. The number of hydrogen-bond acceptors (Lipinski definition) is 3. The number of allylic oxidation sites excluding steroid dienone is 2. The molecule has 0 bridgehead atoms. The molecule has 0 radical (unpaired) electrons. The molecule has 2 aromatic carbocycles. The Morgan fingerprint density at radius 3 is 2.72 bits per heavy atom. The van der Waals surface area contributed by atoms with Crippen molar-refractivity contribution < 1.29 is 5.11 Å². The number of aromatic amines is 2. The zero-order valence-corrected chi connectivity index (χ0v) is 16.8. The van der Waals surface area contributed by atoms with E-state index in [-0.39, 0.29) is 11.4 Å². The highest BCUT2D eigenvalue weighted by atomic mass is 16.3. The number of aryl methyl sites for hydroxylation is 2. The van der Waals surface area contributed by atoms with Crippen LogP contribution in [0.3, 0.4) is 0 Å². The van der Waals surface area contributed by atoms with Crippen molar-refractivity contribution in [3.63, 3.8) is 0 Å². The number of aromatic nitrogens is 4. The van der Waals surface area contributed by atoms with Gasteiger partial charge in [0.15, 0.2) is 5.82 Å². The molecular formula is C23H22N4O2. The molecule has 3 N–H and O–H groups in total. The Kier molecular flexibility index (Phi) is 3.62. The van der Waals surface area contributed by atoms with Crippen LogP contribution in [-0.2, 0) is 6.42 Å². The third-order valence-corrected chi connectivity index (χ3v) is 6.18. The summed E-state index contributed by atoms with van der Waals surface area (Å²) in [5.41, 5.74) is 8.76. The van der Waals surface area contributed by atoms with Gasteiger partial charge in [0.2, 0.25) is 0 Å². The van der Waals surface area contributed by atoms with E-state index in [1.54, 1.807) is 10.6 Å². The molecule has 0 amide bonds. The first kappa shape index (κ1) is 17.6. The van der Waals surface area contributed by atoms with Crippen LogP contribution in [0.2, 0.25) is 0 Å². The lowest BCUT2D eigenvalue weighted by Crippen LogP contribution is -2.17. The molecule has 6 heteroatoms. The highest BCUT2D eigenvalue weighted by Crippen LogP contribution is 2.39. The van der Waals surface area contributed by atoms with Gasteiger partial charge in [0.1, 0.15) is 5.75 Å². The minimum absolute atomic E-state index is 0.0787. The van der Waals surface area contributed by atoms with Gasteiger partial charge >= 0.3 is 5.69 Å². The molecule has 0 atom stereocenters. The summed E-state index contributed by atoms with van der Waals surface area (Å²) in [6.45, 7) is 8.24. The molecule has 0 fully saturated rings. The van der Waals surface area contributed by atoms with Crippen molar-refractivity contribution in [3.8, 4) is 22.8 Å². The maximum atomic E-state index is 12.8. The van der Waals surface area contributed by atoms with Gasteiger partial charge in [-0.25, -0.2) is 14.5 Å². The van der Waals surface area contributed by atoms with Gasteiger partial charge in [0.05, 0.1) is 11.3 Å². The molecule has 1 aliphatic rings. The SMILES string of the molecule is CC1=C(C)c2c(cccc2-n2c(-c3cc4c(C)c(C)[nH]c4cc3O)n[nH]c2=O)C1. The largest absolute Gasteiger partial charge is 0.507 e. The van der Waals surface area contributed by atoms with E-state index >= 15 is 0 Å². The summed E-state index contributed by atoms with van der Waals surface area (Å²) < 4.78 is 1.57. The van der Waals surface area contributed by atoms with Gasteiger partial charge in [0, 0.05) is 28.2 Å². The number of aromatic hydroxyl groups is 1. The topological polar surface area (TPSA) is 86.7 Å². The molecule has 2 heterocycles. The Hall–Kier alpha value is -3.54. The lowest BCUT2D eigenvalue weighted by molar-refractivity contribution is 0.477. The van der Waals surface area contributed by atoms with Gasteiger partial charge in [-0.15, -0.1) is 0 Å². The van der Waals surface area contributed by atoms with Crippen LogP contribution in [0.5, 0.6) is 5.75 Å². The molecule has 0 saturated heterocycles. The van der Waals surface area contributed by atoms with Crippen molar-refractivity contribution in [1.29, 1.82) is 0 Å². The quantitative estimate of drug-likeness (QED) is 0.478. The third kappa shape index (κ3) is 2.42. The monoisotopic (exact) mass is 386 g/mol. The zero-order chi connectivity index (χ0) is 20.4. The fourth-order valence-electron chi connectivity index (χ4n) is 4.36. The first-order valence-corrected chi connectivity index (χ1v) is 9.65. The van der Waals surface area contributed by atoms with Gasteiger partial charge in [-0.05, 0) is 62.9 Å². The first-order chi connectivity index (χ1) is 13.9. The summed E-state index contributed by atoms with van der Waals surface area (Å²) in [6, 6.07) is 9.58. The zero-order valence-electron chi connectivity index (χ0n) is 16.8. The normalized spacial score (nSPS) is 13.5. The molecule has 0 unspecified atom stereocenters. The lowest BCUT2D eigenvalue weighted by Gasteiger charge is -2.13. The van der Waals surface area contributed by atoms with Crippen LogP contribution < -0.4 is 5.69 Å². The highest BCUT2D eigenvalue weighted by molar-refractivity contribution is 5.91. The molecule has 29 heavy (non-hydrogen) atoms. The van der Waals surface area contributed by atoms with Gasteiger partial charge in [-0.2, -0.15) is 5.10 Å². The van der Waals surface area contributed by atoms with Crippen molar-refractivity contribution in [3.05, 3.63) is 68.8 Å². The van der Waals surface area contributed by atoms with Crippen LogP contribution in [-0.4, -0.2) is 24.9 Å². The molecule has 146 valence electrons. The summed E-state index contributed by atoms with van der Waals surface area (Å²) in [6.07, 6.45) is 0.885. The van der Waals surface area contributed by atoms with E-state index in [4.69, 9.17) is 0 Å². The van der Waals surface area contributed by atoms with Crippen LogP contribution >= 0.6 is 0 Å². The smallest absolute Gasteiger partial charge is 0.348 e. The van der Waals surface area contributed by atoms with Crippen LogP contribution in [0.15, 0.2) is 40.7 Å². The van der Waals surface area contributed by atoms with E-state index in [2.05, 4.69) is 35.1 Å². The Morgan fingerprint density at radius 1 is 1.14 bits per heavy atom. The molecule has 1 aliphatic carbocycles. The number of benzene rings is 2. The molecule has 0 saturated carbocycles. The second kappa shape index (κ2) is 5.98. The van der Waals surface area contributed by atoms with Gasteiger partial charge in [0.25, 0.3) is 0 Å². The van der Waals surface area contributed by atoms with Crippen molar-refractivity contribution in [2.75, 3.05) is 0 Å². The van der Waals surface area contributed by atoms with Gasteiger partial charge < -0.3 is 10.1 Å². The van der Waals surface area contributed by atoms with E-state index < -0.39 is 0 Å². The summed E-state index contributed by atoms with van der Waals surface area (Å²) in [4.78, 5) is 16.1. The molecular weight excluding hydrogens is 364 g/mol. The van der Waals surface area contributed by atoms with Crippen molar-refractivity contribution >= 4 is 16.5 Å². The third-order valence-electron chi connectivity index (χ3n) is 6.18. The second-order valence-electron chi connectivity index (χ2n) is 7.87. The number of fused-ring (bicyclic) bond motifs is 2. The lowest BCUT2D eigenvalue weighted by atomic mass is 10.0. The molecule has 0 spiro atoms. The number of nitrogens with one attached hydrogen (secondary N) is 2. The number of nitrogens with zero attached hydrogens (tertiary/aromatic N) is 2. The van der Waals surface area contributed by atoms with Crippen LogP contribution in [0, 0.1) is 13.8 Å². The van der Waals surface area contributed by atoms with Crippen LogP contribution in [0.4, 0.5) is 0 Å². The van der Waals surface area contributed by atoms with Gasteiger partial charge in [-0.1, -0.05) is 17.7 Å². The van der Waals surface area contributed by atoms with Crippen molar-refractivity contribution in [2.45, 2.75) is 34.1 Å². The number of rotatable bonds is 2. The standard InChI is InChI=1S/C23H22N4O2/c1-11-8-15-6-5-7-19(21(15)12(11)2)27-22(25-26-23(27)29)17-9-16-13(3)14(4)24-18(16)10-20(17)28/h5-7,9-10,24,28H,8H2,1-4H3,(H,26,29). The Balaban J connectivity index is 1.80. The summed E-state index contributed by atoms with van der Waals surface area (Å²) in [7, 11) is 0. The Labute approximate surface area is 167 Å². The second-order valence-corrected chi connectivity index (χ2v) is 7.87. The van der Waals surface area contributed by atoms with Crippen LogP contribution in [0.1, 0.15) is 36.2 Å². The fourth-order valence-corrected chi connectivity index (χ4v) is 4.36. The van der Waals surface area contributed by atoms with E-state index in [0.29, 0.717) is 11.4 Å². The minimum atomic E-state index is -0.327. The number of phenolic OH excluding ortho intramolecular Hbond substituents is 1. The average molecular weight is 386 g/mol. The molecule has 0 aliphatic heterocycles. The van der Waals surface area contributed by atoms with Crippen molar-refractivity contribution in [2.24, 2.45) is 0 Å². The maximum Gasteiger partial charge on any atom is 0.348 e. The number of hydrogen-bond donors (Lipinski definition) is 3. The van der Waals surface area contributed by atoms with E-state index in [1.165, 1.54) is 16.7 Å². The minimum Gasteiger partial charge on any atom is -0.507 e. The number of H-pyrrole nitrogens is 2. The average Bonchev–Trinajstić information content (AvgIpc) is 3.29. The molecule has 5 rings (SSSR count). The predicted octanol–water partition coefficient (Wildman–Crippen LogP) is 4.38. The summed E-state index contributed by atoms with van der Waals surface area (Å²) >= 11 is 0. The van der Waals surface area contributed by atoms with E-state index in [1.807, 2.05) is 32.0 Å². The molecule has 6 nitrogen and oxygen atoms in total. The fraction of sp³-hybridized carbons (Fsp3) is 0.217. The van der Waals surface area contributed by atoms with Gasteiger partial charge in [-0.3, -0.25) is 0 Å².